The summed E-state index contributed by atoms with van der Waals surface area (Å²) in [7, 11) is 0. The number of thioether (sulfide) groups is 1. The van der Waals surface area contributed by atoms with Crippen LogP contribution >= 0.6 is 23.4 Å². The van der Waals surface area contributed by atoms with E-state index in [0.29, 0.717) is 32.7 Å². The van der Waals surface area contributed by atoms with Gasteiger partial charge in [0.25, 0.3) is 5.91 Å². The highest BCUT2D eigenvalue weighted by Crippen LogP contribution is 2.25. The van der Waals surface area contributed by atoms with Gasteiger partial charge in [0.2, 0.25) is 0 Å². The normalized spacial score (nSPS) is 11.8. The Morgan fingerprint density at radius 2 is 2.07 bits per heavy atom. The van der Waals surface area contributed by atoms with Gasteiger partial charge in [0.05, 0.1) is 11.3 Å². The van der Waals surface area contributed by atoms with Crippen LogP contribution in [0.15, 0.2) is 65.0 Å². The zero-order chi connectivity index (χ0) is 19.2. The van der Waals surface area contributed by atoms with Gasteiger partial charge >= 0.3 is 5.16 Å². The summed E-state index contributed by atoms with van der Waals surface area (Å²) >= 11 is 6.09. The van der Waals surface area contributed by atoms with Gasteiger partial charge in [-0.25, -0.2) is 4.98 Å². The average Bonchev–Trinajstić information content (AvgIpc) is 2.67. The molecule has 2 heterocycles. The van der Waals surface area contributed by atoms with Crippen molar-refractivity contribution in [3.63, 3.8) is 0 Å². The summed E-state index contributed by atoms with van der Waals surface area (Å²) in [6.07, 6.45) is 4.74. The number of nitrogens with one attached hydrogen (secondary N) is 1. The molecule has 1 unspecified atom stereocenters. The van der Waals surface area contributed by atoms with Crippen molar-refractivity contribution in [3.05, 3.63) is 71.1 Å². The van der Waals surface area contributed by atoms with Gasteiger partial charge in [-0.1, -0.05) is 29.4 Å². The fourth-order valence-corrected chi connectivity index (χ4v) is 3.72. The Balaban J connectivity index is 1.74. The molecule has 6 nitrogen and oxygen atoms in total. The average molecular weight is 419 g/mol. The van der Waals surface area contributed by atoms with Crippen LogP contribution in [0, 0.1) is 0 Å². The molecule has 0 radical (unpaired) electrons. The summed E-state index contributed by atoms with van der Waals surface area (Å²) in [5, 5.41) is 4.23. The third kappa shape index (κ3) is 5.43. The van der Waals surface area contributed by atoms with Gasteiger partial charge in [-0.3, -0.25) is 4.79 Å². The van der Waals surface area contributed by atoms with Crippen molar-refractivity contribution < 1.29 is 9.35 Å². The zero-order valence-electron chi connectivity index (χ0n) is 14.3. The van der Waals surface area contributed by atoms with Crippen LogP contribution in [0.3, 0.4) is 0 Å². The number of pyridine rings is 1. The minimum Gasteiger partial charge on any atom is -0.609 e. The lowest BCUT2D eigenvalue weighted by Crippen LogP contribution is -2.13. The van der Waals surface area contributed by atoms with Gasteiger partial charge < -0.3 is 9.87 Å². The molecule has 3 rings (SSSR count). The monoisotopic (exact) mass is 418 g/mol. The topological polar surface area (TPSA) is 90.8 Å². The first-order valence-electron chi connectivity index (χ1n) is 7.83. The fraction of sp³-hybridized carbons (Fsp3) is 0.111. The van der Waals surface area contributed by atoms with E-state index in [1.807, 2.05) is 0 Å². The summed E-state index contributed by atoms with van der Waals surface area (Å²) in [6.45, 7) is 0. The molecule has 2 aromatic heterocycles. The molecule has 0 saturated heterocycles. The summed E-state index contributed by atoms with van der Waals surface area (Å²) in [5.74, 6) is 0.201. The molecule has 1 atom stereocenters. The number of carbonyl (C=O) groups excluding carboxylic acids is 1. The minimum atomic E-state index is -1.25. The lowest BCUT2D eigenvalue weighted by atomic mass is 10.2. The van der Waals surface area contributed by atoms with E-state index < -0.39 is 11.2 Å². The number of amides is 1. The number of hydrogen-bond acceptors (Lipinski definition) is 6. The molecule has 0 aliphatic heterocycles. The number of aromatic nitrogens is 3. The van der Waals surface area contributed by atoms with E-state index in [2.05, 4.69) is 20.3 Å². The Kier molecular flexibility index (Phi) is 6.68. The SMILES string of the molecule is C[S+]([O-])c1nccc(CSc2ncccc2C(=O)Nc2cccc(Cl)c2)n1. The second kappa shape index (κ2) is 9.18. The van der Waals surface area contributed by atoms with Crippen LogP contribution in [0.2, 0.25) is 5.02 Å². The largest absolute Gasteiger partial charge is 0.609 e. The lowest BCUT2D eigenvalue weighted by Gasteiger charge is -2.09. The van der Waals surface area contributed by atoms with E-state index in [1.165, 1.54) is 18.0 Å². The summed E-state index contributed by atoms with van der Waals surface area (Å²) < 4.78 is 11.5. The highest BCUT2D eigenvalue weighted by molar-refractivity contribution is 7.98. The van der Waals surface area contributed by atoms with Crippen LogP contribution in [0.25, 0.3) is 0 Å². The molecule has 0 spiro atoms. The molecular formula is C18H15ClN4O2S2. The van der Waals surface area contributed by atoms with Crippen molar-refractivity contribution in [3.8, 4) is 0 Å². The summed E-state index contributed by atoms with van der Waals surface area (Å²) in [5.41, 5.74) is 1.78. The second-order valence-electron chi connectivity index (χ2n) is 5.39. The molecule has 0 aliphatic carbocycles. The van der Waals surface area contributed by atoms with Crippen LogP contribution in [-0.4, -0.2) is 31.7 Å². The van der Waals surface area contributed by atoms with Crippen LogP contribution in [0.1, 0.15) is 16.1 Å². The Labute approximate surface area is 169 Å². The second-order valence-corrected chi connectivity index (χ2v) is 8.07. The lowest BCUT2D eigenvalue weighted by molar-refractivity contribution is 0.102. The molecule has 1 aromatic carbocycles. The molecule has 3 aromatic rings. The maximum Gasteiger partial charge on any atom is 0.342 e. The van der Waals surface area contributed by atoms with Gasteiger partial charge in [0, 0.05) is 40.0 Å². The first kappa shape index (κ1) is 19.6. The van der Waals surface area contributed by atoms with Crippen LogP contribution < -0.4 is 5.32 Å². The van der Waals surface area contributed by atoms with Crippen LogP contribution in [0.5, 0.6) is 0 Å². The maximum absolute atomic E-state index is 12.6. The van der Waals surface area contributed by atoms with Crippen molar-refractivity contribution in [2.75, 3.05) is 11.6 Å². The van der Waals surface area contributed by atoms with E-state index in [1.54, 1.807) is 54.9 Å². The molecule has 1 amide bonds. The Hall–Kier alpha value is -2.13. The predicted molar refractivity (Wildman–Crippen MR) is 108 cm³/mol. The van der Waals surface area contributed by atoms with Gasteiger partial charge in [0.15, 0.2) is 0 Å². The Bertz CT molecular complexity index is 956. The van der Waals surface area contributed by atoms with Crippen molar-refractivity contribution >= 4 is 46.1 Å². The number of nitrogens with zero attached hydrogens (tertiary/aromatic N) is 3. The first-order chi connectivity index (χ1) is 13.0. The summed E-state index contributed by atoms with van der Waals surface area (Å²) in [4.78, 5) is 25.2. The highest BCUT2D eigenvalue weighted by Gasteiger charge is 2.15. The fourth-order valence-electron chi connectivity index (χ4n) is 2.18. The van der Waals surface area contributed by atoms with Crippen molar-refractivity contribution in [1.29, 1.82) is 0 Å². The number of benzene rings is 1. The molecule has 9 heteroatoms. The third-order valence-electron chi connectivity index (χ3n) is 3.40. The number of carbonyl (C=O) groups is 1. The molecule has 1 N–H and O–H groups in total. The maximum atomic E-state index is 12.6. The molecular weight excluding hydrogens is 404 g/mol. The molecule has 0 saturated carbocycles. The van der Waals surface area contributed by atoms with Crippen LogP contribution in [-0.2, 0) is 16.9 Å². The quantitative estimate of drug-likeness (QED) is 0.372. The smallest absolute Gasteiger partial charge is 0.342 e. The standard InChI is InChI=1S/C18H15ClN4O2S2/c1-27(25)18-21-9-7-14(23-18)11-26-17-15(6-3-8-20-17)16(24)22-13-5-2-4-12(19)10-13/h2-10H,11H2,1H3,(H,22,24). The predicted octanol–water partition coefficient (Wildman–Crippen LogP) is 3.81. The van der Waals surface area contributed by atoms with Crippen LogP contribution in [0.4, 0.5) is 5.69 Å². The number of rotatable bonds is 6. The van der Waals surface area contributed by atoms with E-state index >= 15 is 0 Å². The first-order valence-corrected chi connectivity index (χ1v) is 10.7. The van der Waals surface area contributed by atoms with E-state index in [9.17, 15) is 9.35 Å². The molecule has 0 aliphatic rings. The van der Waals surface area contributed by atoms with E-state index in [4.69, 9.17) is 11.6 Å². The van der Waals surface area contributed by atoms with E-state index in [0.717, 1.165) is 0 Å². The van der Waals surface area contributed by atoms with Crippen molar-refractivity contribution in [1.82, 2.24) is 15.0 Å². The zero-order valence-corrected chi connectivity index (χ0v) is 16.6. The number of anilines is 1. The molecule has 27 heavy (non-hydrogen) atoms. The van der Waals surface area contributed by atoms with Gasteiger partial charge in [0.1, 0.15) is 11.3 Å². The van der Waals surface area contributed by atoms with E-state index in [-0.39, 0.29) is 11.1 Å². The van der Waals surface area contributed by atoms with Crippen molar-refractivity contribution in [2.24, 2.45) is 0 Å². The van der Waals surface area contributed by atoms with Gasteiger partial charge in [-0.2, -0.15) is 9.97 Å². The van der Waals surface area contributed by atoms with Crippen molar-refractivity contribution in [2.45, 2.75) is 15.9 Å². The molecule has 0 bridgehead atoms. The van der Waals surface area contributed by atoms with Gasteiger partial charge in [-0.05, 0) is 36.4 Å². The summed E-state index contributed by atoms with van der Waals surface area (Å²) in [6, 6.07) is 12.1. The number of hydrogen-bond donors (Lipinski definition) is 1. The Morgan fingerprint density at radius 3 is 2.85 bits per heavy atom. The molecule has 138 valence electrons. The minimum absolute atomic E-state index is 0.272. The highest BCUT2D eigenvalue weighted by atomic mass is 35.5. The molecule has 0 fully saturated rings. The third-order valence-corrected chi connectivity index (χ3v) is 5.39. The Morgan fingerprint density at radius 1 is 1.22 bits per heavy atom. The number of halogens is 1. The van der Waals surface area contributed by atoms with Gasteiger partial charge in [-0.15, -0.1) is 0 Å².